The van der Waals surface area contributed by atoms with Gasteiger partial charge in [-0.3, -0.25) is 10.1 Å². The third-order valence-electron chi connectivity index (χ3n) is 1.98. The third kappa shape index (κ3) is 2.05. The molecule has 0 aromatic heterocycles. The van der Waals surface area contributed by atoms with E-state index in [4.69, 9.17) is 5.73 Å². The Morgan fingerprint density at radius 2 is 2.21 bits per heavy atom. The predicted octanol–water partition coefficient (Wildman–Crippen LogP) is 1.54. The van der Waals surface area contributed by atoms with Gasteiger partial charge in [-0.25, -0.2) is 4.39 Å². The van der Waals surface area contributed by atoms with Crippen molar-refractivity contribution >= 4 is 5.69 Å². The number of hydrogen-bond acceptors (Lipinski definition) is 3. The summed E-state index contributed by atoms with van der Waals surface area (Å²) >= 11 is 0. The molecule has 0 fully saturated rings. The maximum Gasteiger partial charge on any atom is 0.272 e. The minimum atomic E-state index is -0.519. The molecule has 5 heteroatoms. The first-order valence-corrected chi connectivity index (χ1v) is 4.19. The van der Waals surface area contributed by atoms with Crippen LogP contribution in [-0.4, -0.2) is 11.5 Å². The van der Waals surface area contributed by atoms with Crippen LogP contribution in [0.1, 0.15) is 11.1 Å². The Labute approximate surface area is 80.7 Å². The second-order valence-corrected chi connectivity index (χ2v) is 3.03. The van der Waals surface area contributed by atoms with Crippen molar-refractivity contribution in [2.75, 3.05) is 6.54 Å². The summed E-state index contributed by atoms with van der Waals surface area (Å²) in [5.74, 6) is -0.432. The van der Waals surface area contributed by atoms with Crippen LogP contribution in [0.25, 0.3) is 0 Å². The van der Waals surface area contributed by atoms with E-state index in [0.29, 0.717) is 17.5 Å². The van der Waals surface area contributed by atoms with Crippen LogP contribution in [0, 0.1) is 22.9 Å². The zero-order chi connectivity index (χ0) is 10.7. The van der Waals surface area contributed by atoms with Gasteiger partial charge in [0.1, 0.15) is 5.82 Å². The fourth-order valence-electron chi connectivity index (χ4n) is 1.25. The molecule has 0 bridgehead atoms. The van der Waals surface area contributed by atoms with E-state index in [1.165, 1.54) is 19.1 Å². The Hall–Kier alpha value is -1.49. The molecule has 4 nitrogen and oxygen atoms in total. The van der Waals surface area contributed by atoms with Gasteiger partial charge in [-0.2, -0.15) is 0 Å². The first kappa shape index (κ1) is 10.6. The Morgan fingerprint density at radius 3 is 2.71 bits per heavy atom. The van der Waals surface area contributed by atoms with Crippen molar-refractivity contribution in [2.24, 2.45) is 5.73 Å². The largest absolute Gasteiger partial charge is 0.330 e. The molecule has 76 valence electrons. The van der Waals surface area contributed by atoms with E-state index in [-0.39, 0.29) is 12.2 Å². The topological polar surface area (TPSA) is 69.2 Å². The van der Waals surface area contributed by atoms with Gasteiger partial charge < -0.3 is 5.73 Å². The van der Waals surface area contributed by atoms with Crippen molar-refractivity contribution in [2.45, 2.75) is 13.3 Å². The summed E-state index contributed by atoms with van der Waals surface area (Å²) in [6.45, 7) is 1.78. The lowest BCUT2D eigenvalue weighted by molar-refractivity contribution is -0.385. The van der Waals surface area contributed by atoms with Crippen LogP contribution in [0.4, 0.5) is 10.1 Å². The minimum Gasteiger partial charge on any atom is -0.330 e. The van der Waals surface area contributed by atoms with Crippen LogP contribution in [-0.2, 0) is 6.42 Å². The highest BCUT2D eigenvalue weighted by Gasteiger charge is 2.14. The highest BCUT2D eigenvalue weighted by atomic mass is 19.1. The van der Waals surface area contributed by atoms with Crippen molar-refractivity contribution in [3.8, 4) is 0 Å². The highest BCUT2D eigenvalue weighted by Crippen LogP contribution is 2.22. The third-order valence-corrected chi connectivity index (χ3v) is 1.98. The Balaban J connectivity index is 3.20. The monoisotopic (exact) mass is 198 g/mol. The van der Waals surface area contributed by atoms with Gasteiger partial charge in [0.2, 0.25) is 0 Å². The molecule has 1 aromatic rings. The SMILES string of the molecule is Cc1cc(F)c(CCN)cc1[N+](=O)[O-]. The molecule has 2 N–H and O–H groups in total. The fraction of sp³-hybridized carbons (Fsp3) is 0.333. The van der Waals surface area contributed by atoms with E-state index in [1.807, 2.05) is 0 Å². The molecule has 0 amide bonds. The molecule has 0 saturated heterocycles. The van der Waals surface area contributed by atoms with Crippen molar-refractivity contribution in [1.29, 1.82) is 0 Å². The van der Waals surface area contributed by atoms with Gasteiger partial charge in [-0.15, -0.1) is 0 Å². The Morgan fingerprint density at radius 1 is 1.57 bits per heavy atom. The molecule has 0 heterocycles. The van der Waals surface area contributed by atoms with E-state index >= 15 is 0 Å². The van der Waals surface area contributed by atoms with Crippen molar-refractivity contribution in [1.82, 2.24) is 0 Å². The van der Waals surface area contributed by atoms with Gasteiger partial charge in [0, 0.05) is 11.6 Å². The Kier molecular flexibility index (Phi) is 3.14. The number of nitrogens with zero attached hydrogens (tertiary/aromatic N) is 1. The minimum absolute atomic E-state index is 0.0603. The number of rotatable bonds is 3. The number of nitro benzene ring substituents is 1. The number of nitro groups is 1. The van der Waals surface area contributed by atoms with Crippen LogP contribution in [0.15, 0.2) is 12.1 Å². The number of aryl methyl sites for hydroxylation is 1. The molecule has 1 rings (SSSR count). The second kappa shape index (κ2) is 4.15. The van der Waals surface area contributed by atoms with E-state index in [0.717, 1.165) is 0 Å². The average Bonchev–Trinajstić information content (AvgIpc) is 2.09. The maximum atomic E-state index is 13.2. The lowest BCUT2D eigenvalue weighted by Gasteiger charge is -2.03. The molecule has 0 aliphatic heterocycles. The van der Waals surface area contributed by atoms with Crippen molar-refractivity contribution in [3.05, 3.63) is 39.2 Å². The van der Waals surface area contributed by atoms with Crippen LogP contribution < -0.4 is 5.73 Å². The van der Waals surface area contributed by atoms with Gasteiger partial charge in [-0.05, 0) is 31.5 Å². The zero-order valence-corrected chi connectivity index (χ0v) is 7.79. The molecule has 0 spiro atoms. The lowest BCUT2D eigenvalue weighted by atomic mass is 10.1. The summed E-state index contributed by atoms with van der Waals surface area (Å²) in [5, 5.41) is 10.5. The highest BCUT2D eigenvalue weighted by molar-refractivity contribution is 5.43. The summed E-state index contributed by atoms with van der Waals surface area (Å²) in [7, 11) is 0. The summed E-state index contributed by atoms with van der Waals surface area (Å²) in [6, 6.07) is 2.42. The van der Waals surface area contributed by atoms with Crippen molar-refractivity contribution < 1.29 is 9.31 Å². The van der Waals surface area contributed by atoms with E-state index in [2.05, 4.69) is 0 Å². The molecule has 0 radical (unpaired) electrons. The zero-order valence-electron chi connectivity index (χ0n) is 7.79. The molecule has 0 atom stereocenters. The normalized spacial score (nSPS) is 10.2. The number of hydrogen-bond donors (Lipinski definition) is 1. The average molecular weight is 198 g/mol. The van der Waals surface area contributed by atoms with Gasteiger partial charge in [0.05, 0.1) is 4.92 Å². The first-order valence-electron chi connectivity index (χ1n) is 4.19. The number of benzene rings is 1. The molecule has 0 aliphatic rings. The summed E-state index contributed by atoms with van der Waals surface area (Å²) in [5.41, 5.74) is 5.82. The first-order chi connectivity index (χ1) is 6.56. The van der Waals surface area contributed by atoms with Crippen LogP contribution in [0.5, 0.6) is 0 Å². The Bertz CT molecular complexity index is 366. The molecular formula is C9H11FN2O2. The quantitative estimate of drug-likeness (QED) is 0.591. The standard InChI is InChI=1S/C9H11FN2O2/c1-6-4-8(10)7(2-3-11)5-9(6)12(13)14/h4-5H,2-3,11H2,1H3. The number of nitrogens with two attached hydrogens (primary N) is 1. The van der Waals surface area contributed by atoms with Gasteiger partial charge in [0.25, 0.3) is 5.69 Å². The summed E-state index contributed by atoms with van der Waals surface area (Å²) in [6.07, 6.45) is 0.312. The van der Waals surface area contributed by atoms with Crippen LogP contribution in [0.2, 0.25) is 0 Å². The molecule has 0 saturated carbocycles. The van der Waals surface area contributed by atoms with Gasteiger partial charge in [-0.1, -0.05) is 0 Å². The van der Waals surface area contributed by atoms with Crippen LogP contribution >= 0.6 is 0 Å². The number of halogens is 1. The van der Waals surface area contributed by atoms with E-state index in [9.17, 15) is 14.5 Å². The predicted molar refractivity (Wildman–Crippen MR) is 50.5 cm³/mol. The van der Waals surface area contributed by atoms with E-state index in [1.54, 1.807) is 0 Å². The molecule has 0 aliphatic carbocycles. The fourth-order valence-corrected chi connectivity index (χ4v) is 1.25. The molecule has 0 unspecified atom stereocenters. The van der Waals surface area contributed by atoms with Gasteiger partial charge >= 0.3 is 0 Å². The maximum absolute atomic E-state index is 13.2. The summed E-state index contributed by atoms with van der Waals surface area (Å²) < 4.78 is 13.2. The second-order valence-electron chi connectivity index (χ2n) is 3.03. The molecule has 1 aromatic carbocycles. The van der Waals surface area contributed by atoms with Gasteiger partial charge in [0.15, 0.2) is 0 Å². The summed E-state index contributed by atoms with van der Waals surface area (Å²) in [4.78, 5) is 10.0. The van der Waals surface area contributed by atoms with Crippen LogP contribution in [0.3, 0.4) is 0 Å². The molecular weight excluding hydrogens is 187 g/mol. The van der Waals surface area contributed by atoms with E-state index < -0.39 is 10.7 Å². The lowest BCUT2D eigenvalue weighted by Crippen LogP contribution is -2.05. The molecule has 14 heavy (non-hydrogen) atoms. The smallest absolute Gasteiger partial charge is 0.272 e. The van der Waals surface area contributed by atoms with Crippen molar-refractivity contribution in [3.63, 3.8) is 0 Å².